The molecule has 1 amide bonds. The summed E-state index contributed by atoms with van der Waals surface area (Å²) >= 11 is 0. The van der Waals surface area contributed by atoms with E-state index in [1.54, 1.807) is 12.4 Å². The summed E-state index contributed by atoms with van der Waals surface area (Å²) < 4.78 is 5.40. The van der Waals surface area contributed by atoms with Crippen LogP contribution in [0.4, 0.5) is 5.82 Å². The zero-order chi connectivity index (χ0) is 14.8. The van der Waals surface area contributed by atoms with Crippen molar-refractivity contribution in [2.45, 2.75) is 13.8 Å². The van der Waals surface area contributed by atoms with Gasteiger partial charge in [-0.25, -0.2) is 9.97 Å². The summed E-state index contributed by atoms with van der Waals surface area (Å²) in [6, 6.07) is 5.51. The molecule has 3 heterocycles. The highest BCUT2D eigenvalue weighted by molar-refractivity contribution is 5.91. The molecule has 6 heteroatoms. The topological polar surface area (TPSA) is 62.5 Å². The summed E-state index contributed by atoms with van der Waals surface area (Å²) in [7, 11) is 0. The van der Waals surface area contributed by atoms with Crippen molar-refractivity contribution >= 4 is 11.7 Å². The third kappa shape index (κ3) is 2.89. The largest absolute Gasteiger partial charge is 0.456 e. The van der Waals surface area contributed by atoms with Crippen LogP contribution in [0.1, 0.15) is 22.0 Å². The molecule has 3 rings (SSSR count). The van der Waals surface area contributed by atoms with E-state index in [9.17, 15) is 4.79 Å². The molecule has 0 atom stereocenters. The maximum atomic E-state index is 12.3. The average Bonchev–Trinajstić information content (AvgIpc) is 2.93. The number of aromatic nitrogens is 2. The molecule has 110 valence electrons. The lowest BCUT2D eigenvalue weighted by atomic mass is 10.2. The van der Waals surface area contributed by atoms with E-state index in [2.05, 4.69) is 14.9 Å². The predicted octanol–water partition coefficient (Wildman–Crippen LogP) is 1.65. The van der Waals surface area contributed by atoms with Crippen molar-refractivity contribution in [3.8, 4) is 0 Å². The van der Waals surface area contributed by atoms with Gasteiger partial charge < -0.3 is 14.2 Å². The fourth-order valence-corrected chi connectivity index (χ4v) is 2.46. The van der Waals surface area contributed by atoms with Gasteiger partial charge in [-0.3, -0.25) is 4.79 Å². The fourth-order valence-electron chi connectivity index (χ4n) is 2.46. The molecule has 1 saturated heterocycles. The molecule has 6 nitrogen and oxygen atoms in total. The fraction of sp³-hybridized carbons (Fsp3) is 0.400. The summed E-state index contributed by atoms with van der Waals surface area (Å²) in [5.74, 6) is 2.05. The molecule has 21 heavy (non-hydrogen) atoms. The van der Waals surface area contributed by atoms with Gasteiger partial charge in [0.1, 0.15) is 17.9 Å². The Morgan fingerprint density at radius 1 is 1.14 bits per heavy atom. The van der Waals surface area contributed by atoms with Crippen molar-refractivity contribution in [1.29, 1.82) is 0 Å². The van der Waals surface area contributed by atoms with Crippen molar-refractivity contribution in [2.75, 3.05) is 31.1 Å². The number of aryl methyl sites for hydroxylation is 2. The van der Waals surface area contributed by atoms with Crippen LogP contribution in [0.5, 0.6) is 0 Å². The van der Waals surface area contributed by atoms with E-state index in [-0.39, 0.29) is 5.91 Å². The number of nitrogens with zero attached hydrogens (tertiary/aromatic N) is 4. The van der Waals surface area contributed by atoms with Crippen molar-refractivity contribution < 1.29 is 9.21 Å². The second kappa shape index (κ2) is 5.55. The normalized spacial score (nSPS) is 15.3. The number of amides is 1. The number of hydrogen-bond donors (Lipinski definition) is 0. The highest BCUT2D eigenvalue weighted by atomic mass is 16.3. The van der Waals surface area contributed by atoms with Crippen LogP contribution in [0.25, 0.3) is 0 Å². The van der Waals surface area contributed by atoms with E-state index in [1.807, 2.05) is 30.9 Å². The first-order valence-corrected chi connectivity index (χ1v) is 7.03. The summed E-state index contributed by atoms with van der Waals surface area (Å²) in [6.45, 7) is 6.66. The molecular formula is C15H18N4O2. The Morgan fingerprint density at radius 3 is 2.52 bits per heavy atom. The number of furan rings is 1. The maximum absolute atomic E-state index is 12.3. The Morgan fingerprint density at radius 2 is 1.90 bits per heavy atom. The number of anilines is 1. The number of carbonyl (C=O) groups is 1. The zero-order valence-electron chi connectivity index (χ0n) is 12.2. The quantitative estimate of drug-likeness (QED) is 0.840. The Kier molecular flexibility index (Phi) is 3.60. The Bertz CT molecular complexity index is 645. The highest BCUT2D eigenvalue weighted by Gasteiger charge is 2.24. The first kappa shape index (κ1) is 13.6. The van der Waals surface area contributed by atoms with Crippen molar-refractivity contribution in [3.05, 3.63) is 41.7 Å². The van der Waals surface area contributed by atoms with Crippen LogP contribution >= 0.6 is 0 Å². The van der Waals surface area contributed by atoms with Gasteiger partial charge in [-0.1, -0.05) is 0 Å². The molecule has 0 radical (unpaired) electrons. The van der Waals surface area contributed by atoms with Crippen LogP contribution in [0.15, 0.2) is 28.9 Å². The lowest BCUT2D eigenvalue weighted by molar-refractivity contribution is 0.0713. The van der Waals surface area contributed by atoms with E-state index in [0.717, 1.165) is 30.4 Å². The van der Waals surface area contributed by atoms with Gasteiger partial charge in [0.15, 0.2) is 5.76 Å². The Hall–Kier alpha value is -2.37. The zero-order valence-corrected chi connectivity index (χ0v) is 12.2. The molecule has 0 aliphatic carbocycles. The molecule has 0 N–H and O–H groups in total. The Balaban J connectivity index is 1.64. The molecule has 2 aromatic heterocycles. The molecule has 2 aromatic rings. The van der Waals surface area contributed by atoms with E-state index in [4.69, 9.17) is 4.42 Å². The molecule has 1 aliphatic rings. The van der Waals surface area contributed by atoms with Crippen molar-refractivity contribution in [2.24, 2.45) is 0 Å². The average molecular weight is 286 g/mol. The standard InChI is InChI=1S/C15H18N4O2/c1-11-9-14(17-10-16-11)18-5-7-19(8-6-18)15(20)13-4-3-12(2)21-13/h3-4,9-10H,5-8H2,1-2H3. The molecule has 0 spiro atoms. The molecule has 1 fully saturated rings. The lowest BCUT2D eigenvalue weighted by Gasteiger charge is -2.35. The van der Waals surface area contributed by atoms with Gasteiger partial charge in [-0.05, 0) is 26.0 Å². The molecule has 1 aliphatic heterocycles. The molecule has 0 saturated carbocycles. The number of hydrogen-bond acceptors (Lipinski definition) is 5. The molecule has 0 aromatic carbocycles. The third-order valence-corrected chi connectivity index (χ3v) is 3.63. The SMILES string of the molecule is Cc1cc(N2CCN(C(=O)c3ccc(C)o3)CC2)ncn1. The number of rotatable bonds is 2. The summed E-state index contributed by atoms with van der Waals surface area (Å²) in [4.78, 5) is 24.7. The minimum atomic E-state index is -0.0402. The number of piperazine rings is 1. The van der Waals surface area contributed by atoms with E-state index in [0.29, 0.717) is 18.8 Å². The van der Waals surface area contributed by atoms with Crippen LogP contribution < -0.4 is 4.90 Å². The minimum Gasteiger partial charge on any atom is -0.456 e. The van der Waals surface area contributed by atoms with E-state index in [1.165, 1.54) is 0 Å². The summed E-state index contributed by atoms with van der Waals surface area (Å²) in [6.07, 6.45) is 1.58. The van der Waals surface area contributed by atoms with Crippen LogP contribution in [-0.4, -0.2) is 47.0 Å². The summed E-state index contributed by atoms with van der Waals surface area (Å²) in [5, 5.41) is 0. The van der Waals surface area contributed by atoms with Crippen molar-refractivity contribution in [1.82, 2.24) is 14.9 Å². The van der Waals surface area contributed by atoms with Gasteiger partial charge >= 0.3 is 0 Å². The maximum Gasteiger partial charge on any atom is 0.289 e. The second-order valence-corrected chi connectivity index (χ2v) is 5.21. The first-order valence-electron chi connectivity index (χ1n) is 7.03. The first-order chi connectivity index (χ1) is 10.1. The van der Waals surface area contributed by atoms with Crippen LogP contribution in [-0.2, 0) is 0 Å². The van der Waals surface area contributed by atoms with E-state index >= 15 is 0 Å². The van der Waals surface area contributed by atoms with E-state index < -0.39 is 0 Å². The van der Waals surface area contributed by atoms with Gasteiger partial charge in [-0.15, -0.1) is 0 Å². The van der Waals surface area contributed by atoms with Gasteiger partial charge in [-0.2, -0.15) is 0 Å². The summed E-state index contributed by atoms with van der Waals surface area (Å²) in [5.41, 5.74) is 0.949. The van der Waals surface area contributed by atoms with Gasteiger partial charge in [0.25, 0.3) is 5.91 Å². The van der Waals surface area contributed by atoms with Crippen LogP contribution in [0.3, 0.4) is 0 Å². The third-order valence-electron chi connectivity index (χ3n) is 3.63. The highest BCUT2D eigenvalue weighted by Crippen LogP contribution is 2.16. The minimum absolute atomic E-state index is 0.0402. The predicted molar refractivity (Wildman–Crippen MR) is 78.3 cm³/mol. The van der Waals surface area contributed by atoms with Gasteiger partial charge in [0.05, 0.1) is 0 Å². The number of carbonyl (C=O) groups excluding carboxylic acids is 1. The van der Waals surface area contributed by atoms with Crippen molar-refractivity contribution in [3.63, 3.8) is 0 Å². The molecular weight excluding hydrogens is 268 g/mol. The molecule has 0 unspecified atom stereocenters. The van der Waals surface area contributed by atoms with Crippen LogP contribution in [0, 0.1) is 13.8 Å². The second-order valence-electron chi connectivity index (χ2n) is 5.21. The molecule has 0 bridgehead atoms. The lowest BCUT2D eigenvalue weighted by Crippen LogP contribution is -2.49. The van der Waals surface area contributed by atoms with Crippen LogP contribution in [0.2, 0.25) is 0 Å². The van der Waals surface area contributed by atoms with Gasteiger partial charge in [0.2, 0.25) is 0 Å². The Labute approximate surface area is 123 Å². The monoisotopic (exact) mass is 286 g/mol. The smallest absolute Gasteiger partial charge is 0.289 e. The van der Waals surface area contributed by atoms with Gasteiger partial charge in [0, 0.05) is 37.9 Å².